The molecule has 0 saturated carbocycles. The predicted molar refractivity (Wildman–Crippen MR) is 122 cm³/mol. The minimum absolute atomic E-state index is 0.248. The highest BCUT2D eigenvalue weighted by atomic mass is 16.5. The fourth-order valence-corrected chi connectivity index (χ4v) is 3.82. The highest BCUT2D eigenvalue weighted by molar-refractivity contribution is 5.68. The normalized spacial score (nSPS) is 20.6. The van der Waals surface area contributed by atoms with Gasteiger partial charge in [-0.3, -0.25) is 0 Å². The number of hydrogen-bond donors (Lipinski definition) is 0. The summed E-state index contributed by atoms with van der Waals surface area (Å²) in [5.74, 6) is 0.248. The molecule has 3 aromatic carbocycles. The molecule has 4 rings (SSSR count). The fraction of sp³-hybridized carbons (Fsp3) is 0.185. The number of benzene rings is 3. The zero-order valence-electron chi connectivity index (χ0n) is 17.2. The first-order valence-electron chi connectivity index (χ1n) is 10.0. The third-order valence-corrected chi connectivity index (χ3v) is 5.53. The van der Waals surface area contributed by atoms with Crippen molar-refractivity contribution in [2.45, 2.75) is 25.5 Å². The number of anilines is 2. The van der Waals surface area contributed by atoms with E-state index in [4.69, 9.17) is 4.74 Å². The van der Waals surface area contributed by atoms with E-state index in [9.17, 15) is 0 Å². The van der Waals surface area contributed by atoms with E-state index in [-0.39, 0.29) is 5.92 Å². The second-order valence-electron chi connectivity index (χ2n) is 7.62. The molecule has 1 aliphatic carbocycles. The summed E-state index contributed by atoms with van der Waals surface area (Å²) >= 11 is 0. The van der Waals surface area contributed by atoms with Crippen molar-refractivity contribution in [3.63, 3.8) is 0 Å². The summed E-state index contributed by atoms with van der Waals surface area (Å²) in [6.45, 7) is 4.22. The Hall–Kier alpha value is -3.10. The fourth-order valence-electron chi connectivity index (χ4n) is 3.82. The van der Waals surface area contributed by atoms with Crippen LogP contribution in [0.5, 0.6) is 0 Å². The van der Waals surface area contributed by atoms with Gasteiger partial charge >= 0.3 is 0 Å². The standard InChI is InChI=1S/C27H27NO/c1-21-9-13-25(14-10-21)28(26-15-11-22(2)12-16-26)27(29-3)19-17-24(18-20-27)23-7-5-4-6-8-23/h4-20,24H,1-3H3. The summed E-state index contributed by atoms with van der Waals surface area (Å²) in [6.07, 6.45) is 8.80. The minimum atomic E-state index is -0.685. The van der Waals surface area contributed by atoms with Crippen LogP contribution >= 0.6 is 0 Å². The zero-order chi connectivity index (χ0) is 20.3. The van der Waals surface area contributed by atoms with Crippen LogP contribution in [0.3, 0.4) is 0 Å². The molecule has 0 unspecified atom stereocenters. The van der Waals surface area contributed by atoms with Gasteiger partial charge in [0.1, 0.15) is 0 Å². The van der Waals surface area contributed by atoms with Crippen LogP contribution in [0.15, 0.2) is 103 Å². The maximum atomic E-state index is 6.15. The molecule has 3 aromatic rings. The molecule has 1 aliphatic rings. The van der Waals surface area contributed by atoms with Crippen molar-refractivity contribution < 1.29 is 4.74 Å². The van der Waals surface area contributed by atoms with E-state index in [1.807, 2.05) is 0 Å². The lowest BCUT2D eigenvalue weighted by Gasteiger charge is -2.42. The molecule has 0 bridgehead atoms. The van der Waals surface area contributed by atoms with Crippen LogP contribution in [0.2, 0.25) is 0 Å². The van der Waals surface area contributed by atoms with Crippen molar-refractivity contribution in [2.75, 3.05) is 12.0 Å². The topological polar surface area (TPSA) is 12.5 Å². The largest absolute Gasteiger partial charge is 0.351 e. The minimum Gasteiger partial charge on any atom is -0.351 e. The molecule has 0 fully saturated rings. The predicted octanol–water partition coefficient (Wildman–Crippen LogP) is 6.69. The van der Waals surface area contributed by atoms with Crippen LogP contribution in [0, 0.1) is 13.8 Å². The van der Waals surface area contributed by atoms with E-state index >= 15 is 0 Å². The Bertz CT molecular complexity index is 941. The van der Waals surface area contributed by atoms with Gasteiger partial charge in [0.2, 0.25) is 0 Å². The molecule has 2 nitrogen and oxygen atoms in total. The van der Waals surface area contributed by atoms with Crippen LogP contribution in [0.25, 0.3) is 0 Å². The van der Waals surface area contributed by atoms with Gasteiger partial charge in [0.05, 0.1) is 0 Å². The van der Waals surface area contributed by atoms with Gasteiger partial charge in [0, 0.05) is 24.4 Å². The van der Waals surface area contributed by atoms with Crippen molar-refractivity contribution in [1.82, 2.24) is 0 Å². The Morgan fingerprint density at radius 1 is 0.690 bits per heavy atom. The molecule has 0 aromatic heterocycles. The summed E-state index contributed by atoms with van der Waals surface area (Å²) in [5.41, 5.74) is 5.26. The summed E-state index contributed by atoms with van der Waals surface area (Å²) in [5, 5.41) is 0. The van der Waals surface area contributed by atoms with Crippen molar-refractivity contribution >= 4 is 11.4 Å². The van der Waals surface area contributed by atoms with Gasteiger partial charge in [-0.1, -0.05) is 77.9 Å². The van der Waals surface area contributed by atoms with E-state index in [2.05, 4.69) is 122 Å². The number of rotatable bonds is 5. The third kappa shape index (κ3) is 3.90. The van der Waals surface area contributed by atoms with Gasteiger partial charge < -0.3 is 9.64 Å². The average Bonchev–Trinajstić information content (AvgIpc) is 2.77. The van der Waals surface area contributed by atoms with Gasteiger partial charge in [-0.2, -0.15) is 0 Å². The second kappa shape index (κ2) is 8.10. The van der Waals surface area contributed by atoms with Crippen LogP contribution in [0.4, 0.5) is 11.4 Å². The molecular formula is C27H27NO. The highest BCUT2D eigenvalue weighted by Crippen LogP contribution is 2.39. The number of methoxy groups -OCH3 is 1. The van der Waals surface area contributed by atoms with Crippen molar-refractivity contribution in [3.8, 4) is 0 Å². The summed E-state index contributed by atoms with van der Waals surface area (Å²) in [7, 11) is 1.77. The van der Waals surface area contributed by atoms with Crippen LogP contribution in [0.1, 0.15) is 22.6 Å². The van der Waals surface area contributed by atoms with E-state index in [1.165, 1.54) is 16.7 Å². The lowest BCUT2D eigenvalue weighted by Crippen LogP contribution is -2.45. The number of hydrogen-bond acceptors (Lipinski definition) is 2. The van der Waals surface area contributed by atoms with Gasteiger partial charge in [-0.25, -0.2) is 0 Å². The summed E-state index contributed by atoms with van der Waals surface area (Å²) in [6, 6.07) is 27.7. The number of aryl methyl sites for hydroxylation is 2. The molecule has 146 valence electrons. The molecule has 0 N–H and O–H groups in total. The average molecular weight is 382 g/mol. The molecule has 0 radical (unpaired) electrons. The number of allylic oxidation sites excluding steroid dienone is 2. The zero-order valence-corrected chi connectivity index (χ0v) is 17.2. The van der Waals surface area contributed by atoms with E-state index in [0.29, 0.717) is 0 Å². The highest BCUT2D eigenvalue weighted by Gasteiger charge is 2.35. The smallest absolute Gasteiger partial charge is 0.183 e. The van der Waals surface area contributed by atoms with Crippen LogP contribution < -0.4 is 4.90 Å². The van der Waals surface area contributed by atoms with Crippen molar-refractivity contribution in [1.29, 1.82) is 0 Å². The number of nitrogens with zero attached hydrogens (tertiary/aromatic N) is 1. The first-order valence-corrected chi connectivity index (χ1v) is 10.0. The van der Waals surface area contributed by atoms with E-state index in [1.54, 1.807) is 7.11 Å². The van der Waals surface area contributed by atoms with Crippen molar-refractivity contribution in [3.05, 3.63) is 120 Å². The van der Waals surface area contributed by atoms with E-state index in [0.717, 1.165) is 11.4 Å². The Balaban J connectivity index is 1.77. The Labute approximate surface area is 173 Å². The molecule has 2 heteroatoms. The SMILES string of the molecule is COC1(N(c2ccc(C)cc2)c2ccc(C)cc2)C=CC(c2ccccc2)C=C1. The molecule has 0 saturated heterocycles. The molecule has 0 atom stereocenters. The third-order valence-electron chi connectivity index (χ3n) is 5.53. The summed E-state index contributed by atoms with van der Waals surface area (Å²) < 4.78 is 6.15. The van der Waals surface area contributed by atoms with Gasteiger partial charge in [0.15, 0.2) is 5.72 Å². The van der Waals surface area contributed by atoms with Gasteiger partial charge in [-0.15, -0.1) is 0 Å². The molecule has 0 amide bonds. The Kier molecular flexibility index (Phi) is 5.37. The summed E-state index contributed by atoms with van der Waals surface area (Å²) in [4.78, 5) is 2.25. The molecule has 0 spiro atoms. The van der Waals surface area contributed by atoms with Gasteiger partial charge in [-0.05, 0) is 55.8 Å². The quantitative estimate of drug-likeness (QED) is 0.360. The van der Waals surface area contributed by atoms with E-state index < -0.39 is 5.72 Å². The molecule has 0 aliphatic heterocycles. The first kappa shape index (κ1) is 19.2. The molecule has 0 heterocycles. The Morgan fingerprint density at radius 3 is 1.62 bits per heavy atom. The monoisotopic (exact) mass is 381 g/mol. The van der Waals surface area contributed by atoms with Crippen LogP contribution in [-0.4, -0.2) is 12.8 Å². The maximum absolute atomic E-state index is 6.15. The molecular weight excluding hydrogens is 354 g/mol. The van der Waals surface area contributed by atoms with Crippen molar-refractivity contribution in [2.24, 2.45) is 0 Å². The van der Waals surface area contributed by atoms with Crippen LogP contribution in [-0.2, 0) is 4.74 Å². The maximum Gasteiger partial charge on any atom is 0.183 e. The van der Waals surface area contributed by atoms with Gasteiger partial charge in [0.25, 0.3) is 0 Å². The first-order chi connectivity index (χ1) is 14.1. The lowest BCUT2D eigenvalue weighted by atomic mass is 9.90. The second-order valence-corrected chi connectivity index (χ2v) is 7.62. The molecule has 29 heavy (non-hydrogen) atoms. The Morgan fingerprint density at radius 2 is 1.17 bits per heavy atom. The lowest BCUT2D eigenvalue weighted by molar-refractivity contribution is 0.0781. The number of ether oxygens (including phenoxy) is 1.